The van der Waals surface area contributed by atoms with Crippen LogP contribution >= 0.6 is 43.2 Å². The van der Waals surface area contributed by atoms with E-state index in [1.54, 1.807) is 22.3 Å². The van der Waals surface area contributed by atoms with Gasteiger partial charge < -0.3 is 45.6 Å². The minimum atomic E-state index is -1.62. The molecule has 0 aliphatic carbocycles. The lowest BCUT2D eigenvalue weighted by molar-refractivity contribution is -0.318. The highest BCUT2D eigenvalue weighted by Gasteiger charge is 2.49. The van der Waals surface area contributed by atoms with Crippen LogP contribution in [-0.4, -0.2) is 110 Å². The maximum Gasteiger partial charge on any atom is 0.244 e. The molecule has 2 rings (SSSR count). The van der Waals surface area contributed by atoms with Crippen LogP contribution in [0, 0.1) is 11.8 Å². The number of carbonyl (C=O) groups excluding carboxylic acids is 2. The fourth-order valence-corrected chi connectivity index (χ4v) is 10.8. The van der Waals surface area contributed by atoms with Gasteiger partial charge in [-0.15, -0.1) is 11.8 Å². The number of amides is 2. The van der Waals surface area contributed by atoms with Gasteiger partial charge in [-0.1, -0.05) is 48.6 Å². The summed E-state index contributed by atoms with van der Waals surface area (Å²) in [7, 11) is 4.16. The third-order valence-corrected chi connectivity index (χ3v) is 13.2. The monoisotopic (exact) mass is 708 g/mol. The molecule has 15 heteroatoms. The summed E-state index contributed by atoms with van der Waals surface area (Å²) >= 11 is 1.44. The molecule has 0 bridgehead atoms. The van der Waals surface area contributed by atoms with Crippen LogP contribution < -0.4 is 10.6 Å². The number of nitrogens with one attached hydrogen (secondary N) is 2. The van der Waals surface area contributed by atoms with E-state index in [-0.39, 0.29) is 17.7 Å². The minimum Gasteiger partial charge on any atom is -0.394 e. The van der Waals surface area contributed by atoms with Crippen molar-refractivity contribution in [3.8, 4) is 0 Å². The molecule has 2 aliphatic heterocycles. The summed E-state index contributed by atoms with van der Waals surface area (Å²) < 4.78 is 11.3. The van der Waals surface area contributed by atoms with Crippen LogP contribution in [0.2, 0.25) is 0 Å². The summed E-state index contributed by atoms with van der Waals surface area (Å²) in [5.41, 5.74) is -0.200. The number of aliphatic hydroxyl groups excluding tert-OH is 5. The van der Waals surface area contributed by atoms with Gasteiger partial charge in [-0.25, -0.2) is 0 Å². The van der Waals surface area contributed by atoms with E-state index in [0.29, 0.717) is 38.8 Å². The first-order valence-electron chi connectivity index (χ1n) is 14.8. The second-order valence-corrected chi connectivity index (χ2v) is 16.5. The summed E-state index contributed by atoms with van der Waals surface area (Å²) in [4.78, 5) is 24.5. The number of aliphatic hydroxyl groups is 5. The van der Waals surface area contributed by atoms with E-state index < -0.39 is 59.5 Å². The standard InChI is InChI=1S/C30H48N2O9S4/c1-6-18(2)11-13-30(4)20(9-10-22(34)31-14-7-8-15-32-23(35)12-16-42-5)19(3)27(28(39)43-45-44-30)41-29-26(38)25(37)24(36)21(17-33)40-29/h6,9-10,12,16,19-21,24-29,33,36-39H,1-2,7-8,11,13-15,17H2,3-5H3,(H,31,34)(H,32,35)/b10-9+,16-12+/t19?,20-,21?,24-,25?,26?,27+,28-,29-,30+/m0/s1. The summed E-state index contributed by atoms with van der Waals surface area (Å²) in [6, 6.07) is 0. The summed E-state index contributed by atoms with van der Waals surface area (Å²) in [5, 5.41) is 59.2. The number of thioether (sulfide) groups is 1. The van der Waals surface area contributed by atoms with Gasteiger partial charge in [0.15, 0.2) is 6.29 Å². The van der Waals surface area contributed by atoms with Crippen LogP contribution in [0.1, 0.15) is 39.5 Å². The molecule has 0 radical (unpaired) electrons. The van der Waals surface area contributed by atoms with Crippen molar-refractivity contribution in [3.05, 3.63) is 48.4 Å². The van der Waals surface area contributed by atoms with Gasteiger partial charge in [-0.05, 0) is 82.8 Å². The van der Waals surface area contributed by atoms with E-state index in [0.717, 1.165) is 5.57 Å². The molecule has 7 N–H and O–H groups in total. The Morgan fingerprint density at radius 3 is 2.31 bits per heavy atom. The quantitative estimate of drug-likeness (QED) is 0.0539. The highest BCUT2D eigenvalue weighted by molar-refractivity contribution is 9.09. The molecule has 0 aromatic carbocycles. The van der Waals surface area contributed by atoms with Gasteiger partial charge in [-0.3, -0.25) is 9.59 Å². The molecule has 11 nitrogen and oxygen atoms in total. The Bertz CT molecular complexity index is 1030. The van der Waals surface area contributed by atoms with Crippen molar-refractivity contribution in [1.82, 2.24) is 10.6 Å². The van der Waals surface area contributed by atoms with E-state index in [4.69, 9.17) is 9.47 Å². The molecule has 256 valence electrons. The Labute approximate surface area is 281 Å². The normalized spacial score (nSPS) is 34.3. The zero-order valence-corrected chi connectivity index (χ0v) is 29.2. The van der Waals surface area contributed by atoms with Crippen LogP contribution in [0.4, 0.5) is 0 Å². The molecule has 2 saturated heterocycles. The molecule has 45 heavy (non-hydrogen) atoms. The van der Waals surface area contributed by atoms with Gasteiger partial charge in [0.2, 0.25) is 11.8 Å². The smallest absolute Gasteiger partial charge is 0.244 e. The average molecular weight is 709 g/mol. The zero-order chi connectivity index (χ0) is 33.6. The zero-order valence-electron chi connectivity index (χ0n) is 25.9. The van der Waals surface area contributed by atoms with Crippen LogP contribution in [0.25, 0.3) is 0 Å². The topological polar surface area (TPSA) is 178 Å². The van der Waals surface area contributed by atoms with Crippen molar-refractivity contribution in [2.24, 2.45) is 11.8 Å². The largest absolute Gasteiger partial charge is 0.394 e. The fourth-order valence-electron chi connectivity index (χ4n) is 5.00. The third kappa shape index (κ3) is 12.5. The number of carbonyl (C=O) groups is 2. The maximum atomic E-state index is 12.8. The molecule has 2 heterocycles. The van der Waals surface area contributed by atoms with E-state index >= 15 is 0 Å². The van der Waals surface area contributed by atoms with Crippen molar-refractivity contribution in [1.29, 1.82) is 0 Å². The van der Waals surface area contributed by atoms with Crippen LogP contribution in [0.3, 0.4) is 0 Å². The van der Waals surface area contributed by atoms with Crippen molar-refractivity contribution in [2.45, 2.75) is 86.5 Å². The minimum absolute atomic E-state index is 0.155. The first kappa shape index (κ1) is 40.2. The highest BCUT2D eigenvalue weighted by Crippen LogP contribution is 2.56. The second kappa shape index (κ2) is 20.4. The van der Waals surface area contributed by atoms with Crippen LogP contribution in [0.5, 0.6) is 0 Å². The Hall–Kier alpha value is -0.980. The summed E-state index contributed by atoms with van der Waals surface area (Å²) in [5.74, 6) is -1.19. The van der Waals surface area contributed by atoms with Gasteiger partial charge in [0, 0.05) is 23.9 Å². The Morgan fingerprint density at radius 2 is 1.71 bits per heavy atom. The average Bonchev–Trinajstić information content (AvgIpc) is 3.02. The summed E-state index contributed by atoms with van der Waals surface area (Å²) in [6.45, 7) is 12.1. The second-order valence-electron chi connectivity index (χ2n) is 11.2. The van der Waals surface area contributed by atoms with Crippen molar-refractivity contribution in [2.75, 3.05) is 26.0 Å². The van der Waals surface area contributed by atoms with Gasteiger partial charge in [0.25, 0.3) is 0 Å². The lowest BCUT2D eigenvalue weighted by Gasteiger charge is -2.46. The molecular weight excluding hydrogens is 661 g/mol. The SMILES string of the molecule is C=CC(=C)CC[C@@]1(C)SSS[C@H](O)[C@H](O[C@@H]2OC(CO)[C@H](O)C(O)C2O)C(C)[C@@H]1/C=C/C(=O)NCCCCNC(=O)/C=C/SC. The molecule has 0 spiro atoms. The molecule has 2 aliphatic rings. The van der Waals surface area contributed by atoms with Gasteiger partial charge in [0.05, 0.1) is 6.61 Å². The molecule has 2 fully saturated rings. The number of hydrogen-bond donors (Lipinski definition) is 7. The van der Waals surface area contributed by atoms with Gasteiger partial charge in [0.1, 0.15) is 36.0 Å². The molecule has 0 aromatic heterocycles. The number of unbranched alkanes of at least 4 members (excludes halogenated alkanes) is 1. The van der Waals surface area contributed by atoms with Crippen molar-refractivity contribution < 1.29 is 44.6 Å². The predicted molar refractivity (Wildman–Crippen MR) is 184 cm³/mol. The Balaban J connectivity index is 2.18. The predicted octanol–water partition coefficient (Wildman–Crippen LogP) is 2.51. The lowest BCUT2D eigenvalue weighted by atomic mass is 9.77. The first-order chi connectivity index (χ1) is 21.4. The number of ether oxygens (including phenoxy) is 2. The highest BCUT2D eigenvalue weighted by atomic mass is 33.5. The molecule has 0 saturated carbocycles. The number of rotatable bonds is 16. The lowest BCUT2D eigenvalue weighted by Crippen LogP contribution is -2.60. The molecule has 10 atom stereocenters. The van der Waals surface area contributed by atoms with Crippen LogP contribution in [0.15, 0.2) is 48.4 Å². The van der Waals surface area contributed by atoms with Crippen molar-refractivity contribution >= 4 is 55.0 Å². The van der Waals surface area contributed by atoms with E-state index in [1.807, 2.05) is 19.3 Å². The fraction of sp³-hybridized carbons (Fsp3) is 0.667. The Morgan fingerprint density at radius 1 is 1.07 bits per heavy atom. The van der Waals surface area contributed by atoms with E-state index in [1.165, 1.54) is 44.5 Å². The van der Waals surface area contributed by atoms with E-state index in [9.17, 15) is 35.1 Å². The van der Waals surface area contributed by atoms with Gasteiger partial charge >= 0.3 is 0 Å². The first-order valence-corrected chi connectivity index (χ1v) is 19.6. The molecule has 4 unspecified atom stereocenters. The number of allylic oxidation sites excluding steroid dienone is 3. The number of hydrogen-bond acceptors (Lipinski definition) is 13. The molecule has 0 aromatic rings. The van der Waals surface area contributed by atoms with Crippen LogP contribution in [-0.2, 0) is 19.1 Å². The molecule has 2 amide bonds. The summed E-state index contributed by atoms with van der Waals surface area (Å²) in [6.07, 6.45) is 2.78. The van der Waals surface area contributed by atoms with Crippen molar-refractivity contribution in [3.63, 3.8) is 0 Å². The van der Waals surface area contributed by atoms with E-state index in [2.05, 4.69) is 30.7 Å². The van der Waals surface area contributed by atoms with Gasteiger partial charge in [-0.2, -0.15) is 0 Å². The maximum absolute atomic E-state index is 12.8. The third-order valence-electron chi connectivity index (χ3n) is 7.82. The molecular formula is C30H48N2O9S4. The Kier molecular flexibility index (Phi) is 18.2.